The summed E-state index contributed by atoms with van der Waals surface area (Å²) in [7, 11) is 0. The summed E-state index contributed by atoms with van der Waals surface area (Å²) in [5.74, 6) is -0.818. The molecule has 0 saturated carbocycles. The average Bonchev–Trinajstić information content (AvgIpc) is 2.37. The van der Waals surface area contributed by atoms with Crippen molar-refractivity contribution < 1.29 is 17.6 Å². The second-order valence-electron chi connectivity index (χ2n) is 5.48. The second kappa shape index (κ2) is 7.78. The van der Waals surface area contributed by atoms with E-state index in [0.717, 1.165) is 31.4 Å². The lowest BCUT2D eigenvalue weighted by molar-refractivity contribution is -0.140. The molecule has 0 aliphatic carbocycles. The van der Waals surface area contributed by atoms with Crippen LogP contribution in [-0.2, 0) is 6.18 Å². The van der Waals surface area contributed by atoms with E-state index in [2.05, 4.69) is 19.2 Å². The van der Waals surface area contributed by atoms with Crippen LogP contribution in [-0.4, -0.2) is 6.54 Å². The minimum Gasteiger partial charge on any atom is -0.310 e. The summed E-state index contributed by atoms with van der Waals surface area (Å²) in [6, 6.07) is 3.10. The van der Waals surface area contributed by atoms with Gasteiger partial charge in [-0.2, -0.15) is 13.2 Å². The van der Waals surface area contributed by atoms with Crippen molar-refractivity contribution in [3.63, 3.8) is 0 Å². The SMILES string of the molecule is CCCC(C)CC(NCC)c1ccc(F)c(C(F)(F)F)c1. The van der Waals surface area contributed by atoms with Gasteiger partial charge in [0.05, 0.1) is 5.56 Å². The predicted molar refractivity (Wildman–Crippen MR) is 76.5 cm³/mol. The van der Waals surface area contributed by atoms with Gasteiger partial charge >= 0.3 is 6.18 Å². The van der Waals surface area contributed by atoms with Crippen molar-refractivity contribution in [3.05, 3.63) is 35.1 Å². The molecule has 1 N–H and O–H groups in total. The van der Waals surface area contributed by atoms with Crippen molar-refractivity contribution in [1.82, 2.24) is 5.32 Å². The number of halogens is 4. The third kappa shape index (κ3) is 5.30. The molecule has 120 valence electrons. The summed E-state index contributed by atoms with van der Waals surface area (Å²) in [5.41, 5.74) is -0.695. The van der Waals surface area contributed by atoms with Crippen LogP contribution in [0.4, 0.5) is 17.6 Å². The van der Waals surface area contributed by atoms with Crippen LogP contribution in [0, 0.1) is 11.7 Å². The maximum atomic E-state index is 13.4. The van der Waals surface area contributed by atoms with Crippen molar-refractivity contribution in [2.45, 2.75) is 52.3 Å². The molecular weight excluding hydrogens is 282 g/mol. The van der Waals surface area contributed by atoms with Crippen LogP contribution in [0.1, 0.15) is 57.2 Å². The largest absolute Gasteiger partial charge is 0.419 e. The summed E-state index contributed by atoms with van der Waals surface area (Å²) in [4.78, 5) is 0. The van der Waals surface area contributed by atoms with Crippen molar-refractivity contribution >= 4 is 0 Å². The van der Waals surface area contributed by atoms with Crippen LogP contribution in [0.25, 0.3) is 0 Å². The summed E-state index contributed by atoms with van der Waals surface area (Å²) in [6.45, 7) is 6.73. The number of hydrogen-bond donors (Lipinski definition) is 1. The van der Waals surface area contributed by atoms with Gasteiger partial charge in [-0.15, -0.1) is 0 Å². The minimum absolute atomic E-state index is 0.182. The molecule has 21 heavy (non-hydrogen) atoms. The Morgan fingerprint density at radius 1 is 1.19 bits per heavy atom. The van der Waals surface area contributed by atoms with E-state index in [1.807, 2.05) is 6.92 Å². The number of alkyl halides is 3. The Morgan fingerprint density at radius 2 is 1.86 bits per heavy atom. The Balaban J connectivity index is 3.03. The van der Waals surface area contributed by atoms with Crippen LogP contribution in [0.5, 0.6) is 0 Å². The van der Waals surface area contributed by atoms with Crippen LogP contribution >= 0.6 is 0 Å². The lowest BCUT2D eigenvalue weighted by Gasteiger charge is -2.23. The molecule has 0 bridgehead atoms. The first-order chi connectivity index (χ1) is 9.79. The molecule has 1 nitrogen and oxygen atoms in total. The molecule has 0 aromatic heterocycles. The van der Waals surface area contributed by atoms with Crippen LogP contribution < -0.4 is 5.32 Å². The molecule has 2 unspecified atom stereocenters. The normalized spacial score (nSPS) is 15.0. The molecule has 5 heteroatoms. The Kier molecular flexibility index (Phi) is 6.65. The van der Waals surface area contributed by atoms with Gasteiger partial charge in [-0.3, -0.25) is 0 Å². The Hall–Kier alpha value is -1.10. The molecule has 0 saturated heterocycles. The number of hydrogen-bond acceptors (Lipinski definition) is 1. The molecule has 0 amide bonds. The molecular formula is C16H23F4N. The summed E-state index contributed by atoms with van der Waals surface area (Å²) < 4.78 is 51.8. The van der Waals surface area contributed by atoms with Crippen LogP contribution in [0.3, 0.4) is 0 Å². The van der Waals surface area contributed by atoms with Crippen molar-refractivity contribution in [2.24, 2.45) is 5.92 Å². The van der Waals surface area contributed by atoms with Gasteiger partial charge in [0.25, 0.3) is 0 Å². The zero-order valence-corrected chi connectivity index (χ0v) is 12.7. The van der Waals surface area contributed by atoms with E-state index in [1.165, 1.54) is 6.07 Å². The fourth-order valence-corrected chi connectivity index (χ4v) is 2.57. The van der Waals surface area contributed by atoms with E-state index < -0.39 is 17.6 Å². The second-order valence-corrected chi connectivity index (χ2v) is 5.48. The number of nitrogens with one attached hydrogen (secondary N) is 1. The number of rotatable bonds is 7. The fourth-order valence-electron chi connectivity index (χ4n) is 2.57. The lowest BCUT2D eigenvalue weighted by Crippen LogP contribution is -2.23. The Morgan fingerprint density at radius 3 is 2.38 bits per heavy atom. The predicted octanol–water partition coefficient (Wildman–Crippen LogP) is 5.32. The zero-order chi connectivity index (χ0) is 16.0. The highest BCUT2D eigenvalue weighted by Gasteiger charge is 2.34. The molecule has 0 aliphatic heterocycles. The van der Waals surface area contributed by atoms with E-state index >= 15 is 0 Å². The molecule has 1 aromatic carbocycles. The summed E-state index contributed by atoms with van der Waals surface area (Å²) >= 11 is 0. The Labute approximate surface area is 123 Å². The lowest BCUT2D eigenvalue weighted by atomic mass is 9.92. The van der Waals surface area contributed by atoms with Gasteiger partial charge in [0.2, 0.25) is 0 Å². The van der Waals surface area contributed by atoms with E-state index in [-0.39, 0.29) is 6.04 Å². The average molecular weight is 305 g/mol. The van der Waals surface area contributed by atoms with Crippen LogP contribution in [0.2, 0.25) is 0 Å². The molecule has 2 atom stereocenters. The smallest absolute Gasteiger partial charge is 0.310 e. The van der Waals surface area contributed by atoms with E-state index in [9.17, 15) is 17.6 Å². The van der Waals surface area contributed by atoms with Gasteiger partial charge in [0.1, 0.15) is 5.82 Å². The van der Waals surface area contributed by atoms with Gasteiger partial charge in [0, 0.05) is 6.04 Å². The van der Waals surface area contributed by atoms with Crippen LogP contribution in [0.15, 0.2) is 18.2 Å². The molecule has 1 aromatic rings. The fraction of sp³-hybridized carbons (Fsp3) is 0.625. The summed E-state index contributed by atoms with van der Waals surface area (Å²) in [5, 5.41) is 3.20. The summed E-state index contributed by atoms with van der Waals surface area (Å²) in [6.07, 6.45) is -1.86. The molecule has 0 spiro atoms. The van der Waals surface area contributed by atoms with Crippen molar-refractivity contribution in [1.29, 1.82) is 0 Å². The van der Waals surface area contributed by atoms with Crippen molar-refractivity contribution in [3.8, 4) is 0 Å². The standard InChI is InChI=1S/C16H23F4N/c1-4-6-11(3)9-15(21-5-2)12-7-8-14(17)13(10-12)16(18,19)20/h7-8,10-11,15,21H,4-6,9H2,1-3H3. The molecule has 0 heterocycles. The minimum atomic E-state index is -4.66. The van der Waals surface area contributed by atoms with E-state index in [1.54, 1.807) is 0 Å². The third-order valence-corrected chi connectivity index (χ3v) is 3.57. The highest BCUT2D eigenvalue weighted by atomic mass is 19.4. The number of benzene rings is 1. The molecule has 0 radical (unpaired) electrons. The van der Waals surface area contributed by atoms with Gasteiger partial charge in [-0.25, -0.2) is 4.39 Å². The monoisotopic (exact) mass is 305 g/mol. The van der Waals surface area contributed by atoms with Crippen molar-refractivity contribution in [2.75, 3.05) is 6.54 Å². The Bertz CT molecular complexity index is 442. The highest BCUT2D eigenvalue weighted by molar-refractivity contribution is 5.29. The first-order valence-electron chi connectivity index (χ1n) is 7.39. The highest BCUT2D eigenvalue weighted by Crippen LogP contribution is 2.34. The first kappa shape index (κ1) is 18.0. The first-order valence-corrected chi connectivity index (χ1v) is 7.39. The third-order valence-electron chi connectivity index (χ3n) is 3.57. The van der Waals surface area contributed by atoms with Gasteiger partial charge in [0.15, 0.2) is 0 Å². The molecule has 0 aliphatic rings. The van der Waals surface area contributed by atoms with Gasteiger partial charge in [-0.05, 0) is 36.6 Å². The molecule has 1 rings (SSSR count). The topological polar surface area (TPSA) is 12.0 Å². The van der Waals surface area contributed by atoms with E-state index in [4.69, 9.17) is 0 Å². The maximum Gasteiger partial charge on any atom is 0.419 e. The quantitative estimate of drug-likeness (QED) is 0.672. The molecule has 0 fully saturated rings. The van der Waals surface area contributed by atoms with Gasteiger partial charge < -0.3 is 5.32 Å². The van der Waals surface area contributed by atoms with Gasteiger partial charge in [-0.1, -0.05) is 39.7 Å². The zero-order valence-electron chi connectivity index (χ0n) is 12.7. The van der Waals surface area contributed by atoms with E-state index in [0.29, 0.717) is 18.0 Å². The maximum absolute atomic E-state index is 13.4.